The van der Waals surface area contributed by atoms with Crippen molar-refractivity contribution in [3.63, 3.8) is 0 Å². The molecule has 2 heteroatoms. The van der Waals surface area contributed by atoms with Gasteiger partial charge < -0.3 is 5.32 Å². The van der Waals surface area contributed by atoms with Crippen molar-refractivity contribution in [3.05, 3.63) is 34.9 Å². The molecular formula is C15H22ClN. The van der Waals surface area contributed by atoms with Crippen LogP contribution in [0.15, 0.2) is 24.3 Å². The molecule has 1 saturated carbocycles. The minimum atomic E-state index is 0.496. The Morgan fingerprint density at radius 1 is 1.29 bits per heavy atom. The topological polar surface area (TPSA) is 12.0 Å². The van der Waals surface area contributed by atoms with Crippen LogP contribution in [0.5, 0.6) is 0 Å². The van der Waals surface area contributed by atoms with E-state index < -0.39 is 0 Å². The second-order valence-corrected chi connectivity index (χ2v) is 5.52. The highest BCUT2D eigenvalue weighted by Crippen LogP contribution is 2.32. The standard InChI is InChI=1S/C15H22ClN/c1-2-3-15(17-11-10-12-4-5-12)13-6-8-14(16)9-7-13/h6-9,12,15,17H,2-5,10-11H2,1H3. The number of halogens is 1. The van der Waals surface area contributed by atoms with E-state index >= 15 is 0 Å². The van der Waals surface area contributed by atoms with Gasteiger partial charge in [0, 0.05) is 11.1 Å². The van der Waals surface area contributed by atoms with Crippen molar-refractivity contribution < 1.29 is 0 Å². The van der Waals surface area contributed by atoms with Crippen LogP contribution in [-0.4, -0.2) is 6.54 Å². The van der Waals surface area contributed by atoms with Crippen LogP contribution < -0.4 is 5.32 Å². The third-order valence-electron chi connectivity index (χ3n) is 3.49. The fraction of sp³-hybridized carbons (Fsp3) is 0.600. The Bertz CT molecular complexity index is 329. The van der Waals surface area contributed by atoms with Gasteiger partial charge in [-0.2, -0.15) is 0 Å². The Hall–Kier alpha value is -0.530. The summed E-state index contributed by atoms with van der Waals surface area (Å²) in [7, 11) is 0. The molecular weight excluding hydrogens is 230 g/mol. The van der Waals surface area contributed by atoms with Gasteiger partial charge >= 0.3 is 0 Å². The lowest BCUT2D eigenvalue weighted by molar-refractivity contribution is 0.478. The van der Waals surface area contributed by atoms with Gasteiger partial charge in [0.1, 0.15) is 0 Å². The van der Waals surface area contributed by atoms with Crippen molar-refractivity contribution in [2.75, 3.05) is 6.54 Å². The summed E-state index contributed by atoms with van der Waals surface area (Å²) >= 11 is 5.93. The van der Waals surface area contributed by atoms with Crippen LogP contribution in [0.25, 0.3) is 0 Å². The molecule has 0 amide bonds. The molecule has 94 valence electrons. The predicted molar refractivity (Wildman–Crippen MR) is 74.4 cm³/mol. The van der Waals surface area contributed by atoms with E-state index in [1.54, 1.807) is 0 Å². The van der Waals surface area contributed by atoms with Crippen LogP contribution in [0.4, 0.5) is 0 Å². The lowest BCUT2D eigenvalue weighted by Gasteiger charge is -2.18. The number of nitrogens with one attached hydrogen (secondary N) is 1. The van der Waals surface area contributed by atoms with E-state index in [9.17, 15) is 0 Å². The van der Waals surface area contributed by atoms with Crippen molar-refractivity contribution >= 4 is 11.6 Å². The number of benzene rings is 1. The Morgan fingerprint density at radius 3 is 2.59 bits per heavy atom. The Balaban J connectivity index is 1.87. The molecule has 1 unspecified atom stereocenters. The van der Waals surface area contributed by atoms with Crippen LogP contribution in [0.1, 0.15) is 50.6 Å². The maximum absolute atomic E-state index is 5.93. The molecule has 1 atom stereocenters. The van der Waals surface area contributed by atoms with Crippen LogP contribution in [0.2, 0.25) is 5.02 Å². The first-order valence-electron chi connectivity index (χ1n) is 6.78. The van der Waals surface area contributed by atoms with Gasteiger partial charge in [-0.05, 0) is 43.0 Å². The van der Waals surface area contributed by atoms with Crippen LogP contribution >= 0.6 is 11.6 Å². The lowest BCUT2D eigenvalue weighted by Crippen LogP contribution is -2.22. The average molecular weight is 252 g/mol. The Kier molecular flexibility index (Phi) is 4.87. The minimum Gasteiger partial charge on any atom is -0.310 e. The van der Waals surface area contributed by atoms with Crippen LogP contribution in [0.3, 0.4) is 0 Å². The summed E-state index contributed by atoms with van der Waals surface area (Å²) in [6.45, 7) is 3.39. The third kappa shape index (κ3) is 4.33. The molecule has 17 heavy (non-hydrogen) atoms. The molecule has 1 fully saturated rings. The maximum Gasteiger partial charge on any atom is 0.0406 e. The van der Waals surface area contributed by atoms with E-state index in [4.69, 9.17) is 11.6 Å². The maximum atomic E-state index is 5.93. The van der Waals surface area contributed by atoms with Gasteiger partial charge in [0.05, 0.1) is 0 Å². The van der Waals surface area contributed by atoms with Crippen molar-refractivity contribution in [2.24, 2.45) is 5.92 Å². The molecule has 0 spiro atoms. The summed E-state index contributed by atoms with van der Waals surface area (Å²) in [5.41, 5.74) is 1.37. The first-order valence-corrected chi connectivity index (χ1v) is 7.16. The van der Waals surface area contributed by atoms with E-state index in [0.717, 1.165) is 17.5 Å². The predicted octanol–water partition coefficient (Wildman–Crippen LogP) is 4.57. The second-order valence-electron chi connectivity index (χ2n) is 5.08. The molecule has 0 aromatic heterocycles. The van der Waals surface area contributed by atoms with Crippen molar-refractivity contribution in [1.82, 2.24) is 5.32 Å². The van der Waals surface area contributed by atoms with Gasteiger partial charge in [-0.15, -0.1) is 0 Å². The summed E-state index contributed by atoms with van der Waals surface area (Å²) in [5.74, 6) is 1.01. The molecule has 0 bridgehead atoms. The van der Waals surface area contributed by atoms with E-state index in [1.807, 2.05) is 12.1 Å². The molecule has 1 N–H and O–H groups in total. The first kappa shape index (κ1) is 12.9. The van der Waals surface area contributed by atoms with Crippen LogP contribution in [0, 0.1) is 5.92 Å². The average Bonchev–Trinajstić information content (AvgIpc) is 3.13. The molecule has 0 heterocycles. The second kappa shape index (κ2) is 6.42. The smallest absolute Gasteiger partial charge is 0.0406 e. The summed E-state index contributed by atoms with van der Waals surface area (Å²) in [5, 5.41) is 4.51. The molecule has 2 rings (SSSR count). The number of rotatable bonds is 7. The van der Waals surface area contributed by atoms with Gasteiger partial charge in [-0.25, -0.2) is 0 Å². The molecule has 1 aliphatic rings. The molecule has 0 radical (unpaired) electrons. The van der Waals surface area contributed by atoms with E-state index in [1.165, 1.54) is 37.7 Å². The zero-order valence-electron chi connectivity index (χ0n) is 10.6. The van der Waals surface area contributed by atoms with Crippen molar-refractivity contribution in [3.8, 4) is 0 Å². The molecule has 0 aliphatic heterocycles. The summed E-state index contributed by atoms with van der Waals surface area (Å²) in [6, 6.07) is 8.76. The van der Waals surface area contributed by atoms with Gasteiger partial charge in [-0.3, -0.25) is 0 Å². The number of hydrogen-bond acceptors (Lipinski definition) is 1. The molecule has 0 saturated heterocycles. The molecule has 1 nitrogen and oxygen atoms in total. The summed E-state index contributed by atoms with van der Waals surface area (Å²) in [4.78, 5) is 0. The fourth-order valence-electron chi connectivity index (χ4n) is 2.24. The van der Waals surface area contributed by atoms with Gasteiger partial charge in [0.2, 0.25) is 0 Å². The van der Waals surface area contributed by atoms with Gasteiger partial charge in [-0.1, -0.05) is 49.9 Å². The lowest BCUT2D eigenvalue weighted by atomic mass is 10.0. The van der Waals surface area contributed by atoms with Crippen LogP contribution in [-0.2, 0) is 0 Å². The van der Waals surface area contributed by atoms with Crippen molar-refractivity contribution in [2.45, 2.75) is 45.1 Å². The zero-order chi connectivity index (χ0) is 12.1. The highest BCUT2D eigenvalue weighted by Gasteiger charge is 2.21. The Labute approximate surface area is 110 Å². The Morgan fingerprint density at radius 2 is 2.00 bits per heavy atom. The summed E-state index contributed by atoms with van der Waals surface area (Å²) < 4.78 is 0. The third-order valence-corrected chi connectivity index (χ3v) is 3.74. The normalized spacial score (nSPS) is 17.1. The highest BCUT2D eigenvalue weighted by molar-refractivity contribution is 6.30. The fourth-order valence-corrected chi connectivity index (χ4v) is 2.36. The number of hydrogen-bond donors (Lipinski definition) is 1. The van der Waals surface area contributed by atoms with Crippen molar-refractivity contribution in [1.29, 1.82) is 0 Å². The highest BCUT2D eigenvalue weighted by atomic mass is 35.5. The van der Waals surface area contributed by atoms with E-state index in [2.05, 4.69) is 24.4 Å². The summed E-state index contributed by atoms with van der Waals surface area (Å²) in [6.07, 6.45) is 6.64. The monoisotopic (exact) mass is 251 g/mol. The largest absolute Gasteiger partial charge is 0.310 e. The first-order chi connectivity index (χ1) is 8.29. The quantitative estimate of drug-likeness (QED) is 0.749. The molecule has 1 aromatic rings. The minimum absolute atomic E-state index is 0.496. The van der Waals surface area contributed by atoms with Gasteiger partial charge in [0.25, 0.3) is 0 Å². The molecule has 1 aromatic carbocycles. The molecule has 1 aliphatic carbocycles. The van der Waals surface area contributed by atoms with E-state index in [-0.39, 0.29) is 0 Å². The SMILES string of the molecule is CCCC(NCCC1CC1)c1ccc(Cl)cc1. The van der Waals surface area contributed by atoms with Gasteiger partial charge in [0.15, 0.2) is 0 Å². The van der Waals surface area contributed by atoms with E-state index in [0.29, 0.717) is 6.04 Å². The zero-order valence-corrected chi connectivity index (χ0v) is 11.3.